The predicted molar refractivity (Wildman–Crippen MR) is 136 cm³/mol. The highest BCUT2D eigenvalue weighted by Crippen LogP contribution is 2.30. The van der Waals surface area contributed by atoms with E-state index in [4.69, 9.17) is 0 Å². The van der Waals surface area contributed by atoms with Crippen molar-refractivity contribution in [3.8, 4) is 11.3 Å². The van der Waals surface area contributed by atoms with Gasteiger partial charge in [-0.2, -0.15) is 10.2 Å². The summed E-state index contributed by atoms with van der Waals surface area (Å²) < 4.78 is 30.1. The zero-order chi connectivity index (χ0) is 25.5. The van der Waals surface area contributed by atoms with Crippen molar-refractivity contribution in [3.63, 3.8) is 0 Å². The van der Waals surface area contributed by atoms with Crippen molar-refractivity contribution in [1.29, 1.82) is 0 Å². The summed E-state index contributed by atoms with van der Waals surface area (Å²) in [5, 5.41) is 16.3. The molecule has 10 heteroatoms. The molecule has 0 radical (unpaired) electrons. The fourth-order valence-corrected chi connectivity index (χ4v) is 5.51. The standard InChI is InChI=1S/C27H29F2N7O/c1-34-25-8-7-17(12-18(25)13-30-34)26-21-16-36(11-9-24(21)32-33-26)27(37)31-19-4-3-10-35(14-19)15-20-22(28)5-2-6-23(20)29/h2,5-8,12-13,19H,3-4,9-11,14-16H2,1H3,(H,31,37)(H,32,33)/t19-/m1/s1. The Labute approximate surface area is 213 Å². The van der Waals surface area contributed by atoms with Crippen LogP contribution in [0.25, 0.3) is 22.2 Å². The molecule has 2 aromatic carbocycles. The number of piperidine rings is 1. The molecule has 37 heavy (non-hydrogen) atoms. The zero-order valence-electron chi connectivity index (χ0n) is 20.7. The number of halogens is 2. The van der Waals surface area contributed by atoms with Gasteiger partial charge in [-0.25, -0.2) is 13.6 Å². The Hall–Kier alpha value is -3.79. The van der Waals surface area contributed by atoms with Crippen LogP contribution in [0.1, 0.15) is 29.7 Å². The number of aromatic amines is 1. The van der Waals surface area contributed by atoms with E-state index in [0.29, 0.717) is 26.1 Å². The largest absolute Gasteiger partial charge is 0.334 e. The molecule has 4 heterocycles. The number of H-pyrrole nitrogens is 1. The first-order valence-corrected chi connectivity index (χ1v) is 12.6. The molecule has 8 nitrogen and oxygen atoms in total. The van der Waals surface area contributed by atoms with E-state index in [1.807, 2.05) is 39.9 Å². The molecule has 192 valence electrons. The summed E-state index contributed by atoms with van der Waals surface area (Å²) in [6.45, 7) is 2.55. The van der Waals surface area contributed by atoms with Crippen molar-refractivity contribution in [2.75, 3.05) is 19.6 Å². The molecule has 0 unspecified atom stereocenters. The molecule has 0 bridgehead atoms. The number of carbonyl (C=O) groups excluding carboxylic acids is 1. The minimum atomic E-state index is -0.533. The Kier molecular flexibility index (Phi) is 6.11. The van der Waals surface area contributed by atoms with E-state index < -0.39 is 11.6 Å². The molecule has 1 fully saturated rings. The number of hydrogen-bond donors (Lipinski definition) is 2. The topological polar surface area (TPSA) is 82.1 Å². The van der Waals surface area contributed by atoms with Gasteiger partial charge in [0.2, 0.25) is 0 Å². The van der Waals surface area contributed by atoms with E-state index in [2.05, 4.69) is 26.7 Å². The average molecular weight is 506 g/mol. The number of aryl methyl sites for hydroxylation is 1. The van der Waals surface area contributed by atoms with E-state index in [1.54, 1.807) is 0 Å². The summed E-state index contributed by atoms with van der Waals surface area (Å²) in [5.41, 5.74) is 5.06. The molecular formula is C27H29F2N7O. The van der Waals surface area contributed by atoms with Gasteiger partial charge < -0.3 is 10.2 Å². The van der Waals surface area contributed by atoms with E-state index in [-0.39, 0.29) is 24.2 Å². The molecule has 1 saturated heterocycles. The lowest BCUT2D eigenvalue weighted by Gasteiger charge is -2.35. The Bertz CT molecular complexity index is 1440. The van der Waals surface area contributed by atoms with Crippen LogP contribution in [0.5, 0.6) is 0 Å². The quantitative estimate of drug-likeness (QED) is 0.440. The number of amides is 2. The lowest BCUT2D eigenvalue weighted by atomic mass is 10.00. The SMILES string of the molecule is Cn1ncc2cc(-c3n[nH]c4c3CN(C(=O)N[C@@H]3CCCN(Cc5c(F)cccc5F)C3)CC4)ccc21. The summed E-state index contributed by atoms with van der Waals surface area (Å²) in [6, 6.07) is 9.89. The molecule has 0 spiro atoms. The number of carbonyl (C=O) groups is 1. The Morgan fingerprint density at radius 3 is 2.86 bits per heavy atom. The Balaban J connectivity index is 1.13. The first kappa shape index (κ1) is 23.6. The van der Waals surface area contributed by atoms with Crippen LogP contribution in [-0.2, 0) is 26.6 Å². The summed E-state index contributed by atoms with van der Waals surface area (Å²) in [6.07, 6.45) is 4.23. The smallest absolute Gasteiger partial charge is 0.317 e. The summed E-state index contributed by atoms with van der Waals surface area (Å²) in [4.78, 5) is 17.1. The van der Waals surface area contributed by atoms with Crippen LogP contribution in [0.15, 0.2) is 42.6 Å². The van der Waals surface area contributed by atoms with E-state index in [1.165, 1.54) is 18.2 Å². The molecule has 1 atom stereocenters. The number of nitrogens with one attached hydrogen (secondary N) is 2. The summed E-state index contributed by atoms with van der Waals surface area (Å²) in [5.74, 6) is -1.07. The highest BCUT2D eigenvalue weighted by Gasteiger charge is 2.29. The number of fused-ring (bicyclic) bond motifs is 2. The van der Waals surface area contributed by atoms with Crippen molar-refractivity contribution >= 4 is 16.9 Å². The van der Waals surface area contributed by atoms with Crippen LogP contribution in [0.4, 0.5) is 13.6 Å². The molecule has 0 saturated carbocycles. The zero-order valence-corrected chi connectivity index (χ0v) is 20.7. The normalized spacial score (nSPS) is 18.2. The van der Waals surface area contributed by atoms with Crippen LogP contribution in [0.3, 0.4) is 0 Å². The van der Waals surface area contributed by atoms with E-state index >= 15 is 0 Å². The molecule has 2 aliphatic rings. The van der Waals surface area contributed by atoms with Gasteiger partial charge in [-0.05, 0) is 43.7 Å². The van der Waals surface area contributed by atoms with Gasteiger partial charge >= 0.3 is 6.03 Å². The van der Waals surface area contributed by atoms with Gasteiger partial charge in [0, 0.05) is 66.9 Å². The van der Waals surface area contributed by atoms with Crippen LogP contribution < -0.4 is 5.32 Å². The van der Waals surface area contributed by atoms with Crippen molar-refractivity contribution in [2.45, 2.75) is 38.4 Å². The van der Waals surface area contributed by atoms with Gasteiger partial charge in [0.25, 0.3) is 0 Å². The molecule has 4 aromatic rings. The second-order valence-corrected chi connectivity index (χ2v) is 9.97. The minimum Gasteiger partial charge on any atom is -0.334 e. The third kappa shape index (κ3) is 4.57. The fraction of sp³-hybridized carbons (Fsp3) is 0.370. The third-order valence-electron chi connectivity index (χ3n) is 7.52. The maximum atomic E-state index is 14.1. The predicted octanol–water partition coefficient (Wildman–Crippen LogP) is 3.97. The molecule has 0 aliphatic carbocycles. The van der Waals surface area contributed by atoms with Crippen molar-refractivity contribution in [1.82, 2.24) is 35.1 Å². The van der Waals surface area contributed by atoms with Crippen LogP contribution >= 0.6 is 0 Å². The van der Waals surface area contributed by atoms with Gasteiger partial charge in [0.1, 0.15) is 11.6 Å². The molecule has 2 aliphatic heterocycles. The molecule has 2 N–H and O–H groups in total. The van der Waals surface area contributed by atoms with Gasteiger partial charge in [0.15, 0.2) is 0 Å². The van der Waals surface area contributed by atoms with Crippen LogP contribution in [0.2, 0.25) is 0 Å². The number of nitrogens with zero attached hydrogens (tertiary/aromatic N) is 5. The summed E-state index contributed by atoms with van der Waals surface area (Å²) >= 11 is 0. The highest BCUT2D eigenvalue weighted by atomic mass is 19.1. The number of rotatable bonds is 4. The maximum absolute atomic E-state index is 14.1. The van der Waals surface area contributed by atoms with Crippen molar-refractivity contribution in [2.24, 2.45) is 7.05 Å². The van der Waals surface area contributed by atoms with Crippen LogP contribution in [0, 0.1) is 11.6 Å². The van der Waals surface area contributed by atoms with E-state index in [9.17, 15) is 13.6 Å². The minimum absolute atomic E-state index is 0.0747. The monoisotopic (exact) mass is 505 g/mol. The molecule has 2 aromatic heterocycles. The van der Waals surface area contributed by atoms with Crippen molar-refractivity contribution in [3.05, 3.63) is 71.1 Å². The molecule has 2 amide bonds. The number of likely N-dealkylation sites (tertiary alicyclic amines) is 1. The number of benzene rings is 2. The average Bonchev–Trinajstić information content (AvgIpc) is 3.49. The van der Waals surface area contributed by atoms with Crippen LogP contribution in [-0.4, -0.2) is 61.5 Å². The van der Waals surface area contributed by atoms with Gasteiger partial charge in [-0.15, -0.1) is 0 Å². The first-order valence-electron chi connectivity index (χ1n) is 12.6. The second kappa shape index (κ2) is 9.59. The second-order valence-electron chi connectivity index (χ2n) is 9.97. The maximum Gasteiger partial charge on any atom is 0.317 e. The Morgan fingerprint density at radius 1 is 1.19 bits per heavy atom. The van der Waals surface area contributed by atoms with E-state index in [0.717, 1.165) is 52.8 Å². The fourth-order valence-electron chi connectivity index (χ4n) is 5.51. The third-order valence-corrected chi connectivity index (χ3v) is 7.52. The number of aromatic nitrogens is 4. The van der Waals surface area contributed by atoms with Gasteiger partial charge in [-0.3, -0.25) is 14.7 Å². The van der Waals surface area contributed by atoms with Gasteiger partial charge in [-0.1, -0.05) is 12.1 Å². The summed E-state index contributed by atoms with van der Waals surface area (Å²) in [7, 11) is 1.92. The van der Waals surface area contributed by atoms with Crippen molar-refractivity contribution < 1.29 is 13.6 Å². The first-order chi connectivity index (χ1) is 18.0. The number of hydrogen-bond acceptors (Lipinski definition) is 4. The lowest BCUT2D eigenvalue weighted by Crippen LogP contribution is -2.52. The lowest BCUT2D eigenvalue weighted by molar-refractivity contribution is 0.158. The molecular weight excluding hydrogens is 476 g/mol. The Morgan fingerprint density at radius 2 is 2.03 bits per heavy atom. The van der Waals surface area contributed by atoms with Gasteiger partial charge in [0.05, 0.1) is 24.0 Å². The highest BCUT2D eigenvalue weighted by molar-refractivity contribution is 5.84. The number of urea groups is 1. The molecule has 6 rings (SSSR count).